The van der Waals surface area contributed by atoms with E-state index in [1.54, 1.807) is 12.3 Å². The smallest absolute Gasteiger partial charge is 0.192 e. The molecule has 106 valence electrons. The van der Waals surface area contributed by atoms with E-state index in [0.29, 0.717) is 6.54 Å². The average molecular weight is 290 g/mol. The summed E-state index contributed by atoms with van der Waals surface area (Å²) in [6.07, 6.45) is 2.70. The molecule has 0 spiro atoms. The van der Waals surface area contributed by atoms with Crippen molar-refractivity contribution in [3.8, 4) is 0 Å². The van der Waals surface area contributed by atoms with Crippen LogP contribution in [-0.4, -0.2) is 19.7 Å². The van der Waals surface area contributed by atoms with Crippen molar-refractivity contribution in [2.24, 2.45) is 0 Å². The summed E-state index contributed by atoms with van der Waals surface area (Å²) < 4.78 is 22.7. The summed E-state index contributed by atoms with van der Waals surface area (Å²) in [5.74, 6) is 0. The van der Waals surface area contributed by atoms with E-state index in [9.17, 15) is 8.42 Å². The molecule has 20 heavy (non-hydrogen) atoms. The van der Waals surface area contributed by atoms with Gasteiger partial charge in [-0.05, 0) is 42.7 Å². The molecule has 1 aromatic heterocycles. The molecule has 0 amide bonds. The van der Waals surface area contributed by atoms with Crippen molar-refractivity contribution in [3.05, 3.63) is 53.2 Å². The number of sulfone groups is 1. The lowest BCUT2D eigenvalue weighted by Crippen LogP contribution is -2.05. The molecule has 0 fully saturated rings. The van der Waals surface area contributed by atoms with E-state index < -0.39 is 9.84 Å². The molecule has 1 heterocycles. The quantitative estimate of drug-likeness (QED) is 0.940. The van der Waals surface area contributed by atoms with Crippen LogP contribution in [0.2, 0.25) is 0 Å². The van der Waals surface area contributed by atoms with Crippen molar-refractivity contribution >= 4 is 15.5 Å². The highest BCUT2D eigenvalue weighted by Crippen LogP contribution is 2.16. The number of nitrogens with zero attached hydrogens (tertiary/aromatic N) is 1. The predicted molar refractivity (Wildman–Crippen MR) is 80.6 cm³/mol. The van der Waals surface area contributed by atoms with Crippen molar-refractivity contribution in [3.63, 3.8) is 0 Å². The maximum atomic E-state index is 11.3. The van der Waals surface area contributed by atoms with Crippen LogP contribution >= 0.6 is 0 Å². The van der Waals surface area contributed by atoms with Crippen LogP contribution in [0.1, 0.15) is 16.7 Å². The van der Waals surface area contributed by atoms with Gasteiger partial charge in [0.05, 0.1) is 11.9 Å². The standard InChI is InChI=1S/C15H18N2O2S/c1-11-5-4-6-12(2)14(11)10-16-13-7-8-15(17-9-13)20(3,18)19/h4-9,16H,10H2,1-3H3. The molecule has 4 nitrogen and oxygen atoms in total. The summed E-state index contributed by atoms with van der Waals surface area (Å²) in [5, 5.41) is 3.36. The first-order chi connectivity index (χ1) is 9.38. The van der Waals surface area contributed by atoms with E-state index in [1.165, 1.54) is 22.8 Å². The fraction of sp³-hybridized carbons (Fsp3) is 0.267. The Bertz CT molecular complexity index is 687. The lowest BCUT2D eigenvalue weighted by atomic mass is 10.0. The molecule has 0 aliphatic heterocycles. The Hall–Kier alpha value is -1.88. The minimum atomic E-state index is -3.24. The van der Waals surface area contributed by atoms with Crippen molar-refractivity contribution < 1.29 is 8.42 Å². The summed E-state index contributed by atoms with van der Waals surface area (Å²) >= 11 is 0. The second-order valence-electron chi connectivity index (χ2n) is 4.88. The minimum Gasteiger partial charge on any atom is -0.380 e. The first kappa shape index (κ1) is 14.5. The Balaban J connectivity index is 2.12. The lowest BCUT2D eigenvalue weighted by molar-refractivity contribution is 0.598. The first-order valence-electron chi connectivity index (χ1n) is 6.33. The van der Waals surface area contributed by atoms with Crippen molar-refractivity contribution in [1.82, 2.24) is 4.98 Å². The van der Waals surface area contributed by atoms with Crippen LogP contribution in [-0.2, 0) is 16.4 Å². The Morgan fingerprint density at radius 1 is 1.10 bits per heavy atom. The summed E-state index contributed by atoms with van der Waals surface area (Å²) in [6.45, 7) is 4.85. The van der Waals surface area contributed by atoms with Crippen LogP contribution in [0.5, 0.6) is 0 Å². The molecular formula is C15H18N2O2S. The second-order valence-corrected chi connectivity index (χ2v) is 6.84. The molecule has 5 heteroatoms. The molecule has 1 N–H and O–H groups in total. The summed E-state index contributed by atoms with van der Waals surface area (Å²) in [7, 11) is -3.24. The topological polar surface area (TPSA) is 59.1 Å². The molecule has 0 saturated carbocycles. The Kier molecular flexibility index (Phi) is 4.09. The number of aryl methyl sites for hydroxylation is 2. The van der Waals surface area contributed by atoms with E-state index >= 15 is 0 Å². The van der Waals surface area contributed by atoms with E-state index in [0.717, 1.165) is 11.9 Å². The highest BCUT2D eigenvalue weighted by atomic mass is 32.2. The third kappa shape index (κ3) is 3.36. The van der Waals surface area contributed by atoms with Gasteiger partial charge in [-0.3, -0.25) is 0 Å². The zero-order chi connectivity index (χ0) is 14.8. The molecular weight excluding hydrogens is 272 g/mol. The van der Waals surface area contributed by atoms with Crippen LogP contribution in [0.15, 0.2) is 41.6 Å². The predicted octanol–water partition coefficient (Wildman–Crippen LogP) is 2.71. The highest BCUT2D eigenvalue weighted by molar-refractivity contribution is 7.90. The zero-order valence-corrected chi connectivity index (χ0v) is 12.7. The number of nitrogens with one attached hydrogen (secondary N) is 1. The Morgan fingerprint density at radius 3 is 2.25 bits per heavy atom. The van der Waals surface area contributed by atoms with Crippen molar-refractivity contribution in [2.75, 3.05) is 11.6 Å². The second kappa shape index (κ2) is 5.63. The SMILES string of the molecule is Cc1cccc(C)c1CNc1ccc(S(C)(=O)=O)nc1. The Labute approximate surface area is 119 Å². The first-order valence-corrected chi connectivity index (χ1v) is 8.22. The number of rotatable bonds is 4. The van der Waals surface area contributed by atoms with Gasteiger partial charge in [0.2, 0.25) is 0 Å². The van der Waals surface area contributed by atoms with Gasteiger partial charge in [-0.2, -0.15) is 0 Å². The van der Waals surface area contributed by atoms with Crippen LogP contribution in [0.4, 0.5) is 5.69 Å². The fourth-order valence-electron chi connectivity index (χ4n) is 2.02. The highest BCUT2D eigenvalue weighted by Gasteiger charge is 2.08. The van der Waals surface area contributed by atoms with Crippen molar-refractivity contribution in [2.45, 2.75) is 25.4 Å². The molecule has 0 saturated heterocycles. The number of hydrogen-bond acceptors (Lipinski definition) is 4. The van der Waals surface area contributed by atoms with E-state index in [1.807, 2.05) is 6.07 Å². The normalized spacial score (nSPS) is 11.3. The summed E-state index contributed by atoms with van der Waals surface area (Å²) in [4.78, 5) is 3.96. The molecule has 0 atom stereocenters. The van der Waals surface area contributed by atoms with Gasteiger partial charge in [0.1, 0.15) is 0 Å². The molecule has 0 aliphatic carbocycles. The van der Waals surface area contributed by atoms with E-state index in [2.05, 4.69) is 36.3 Å². The number of benzene rings is 1. The van der Waals surface area contributed by atoms with Crippen LogP contribution in [0.3, 0.4) is 0 Å². The van der Waals surface area contributed by atoms with Gasteiger partial charge in [-0.1, -0.05) is 18.2 Å². The van der Waals surface area contributed by atoms with Crippen LogP contribution in [0, 0.1) is 13.8 Å². The summed E-state index contributed by atoms with van der Waals surface area (Å²) in [6, 6.07) is 9.44. The van der Waals surface area contributed by atoms with Gasteiger partial charge in [0.25, 0.3) is 0 Å². The minimum absolute atomic E-state index is 0.0927. The van der Waals surface area contributed by atoms with Gasteiger partial charge < -0.3 is 5.32 Å². The number of anilines is 1. The van der Waals surface area contributed by atoms with Gasteiger partial charge in [0.15, 0.2) is 14.9 Å². The van der Waals surface area contributed by atoms with Gasteiger partial charge in [0, 0.05) is 12.8 Å². The van der Waals surface area contributed by atoms with Gasteiger partial charge in [-0.15, -0.1) is 0 Å². The lowest BCUT2D eigenvalue weighted by Gasteiger charge is -2.11. The largest absolute Gasteiger partial charge is 0.380 e. The number of aromatic nitrogens is 1. The molecule has 2 rings (SSSR count). The number of hydrogen-bond donors (Lipinski definition) is 1. The molecule has 2 aromatic rings. The van der Waals surface area contributed by atoms with E-state index in [-0.39, 0.29) is 5.03 Å². The van der Waals surface area contributed by atoms with Crippen LogP contribution in [0.25, 0.3) is 0 Å². The fourth-order valence-corrected chi connectivity index (χ4v) is 2.58. The summed E-state index contributed by atoms with van der Waals surface area (Å²) in [5.41, 5.74) is 4.52. The molecule has 1 aromatic carbocycles. The Morgan fingerprint density at radius 2 is 1.75 bits per heavy atom. The zero-order valence-electron chi connectivity index (χ0n) is 11.8. The molecule has 0 radical (unpaired) electrons. The molecule has 0 bridgehead atoms. The van der Waals surface area contributed by atoms with Gasteiger partial charge >= 0.3 is 0 Å². The molecule has 0 aliphatic rings. The van der Waals surface area contributed by atoms with Gasteiger partial charge in [-0.25, -0.2) is 13.4 Å². The third-order valence-electron chi connectivity index (χ3n) is 3.23. The maximum Gasteiger partial charge on any atom is 0.192 e. The average Bonchev–Trinajstić information content (AvgIpc) is 2.37. The maximum absolute atomic E-state index is 11.3. The van der Waals surface area contributed by atoms with Crippen LogP contribution < -0.4 is 5.32 Å². The third-order valence-corrected chi connectivity index (χ3v) is 4.23. The molecule has 0 unspecified atom stereocenters. The number of pyridine rings is 1. The monoisotopic (exact) mass is 290 g/mol. The van der Waals surface area contributed by atoms with E-state index in [4.69, 9.17) is 0 Å². The van der Waals surface area contributed by atoms with Crippen molar-refractivity contribution in [1.29, 1.82) is 0 Å².